The Kier molecular flexibility index (Phi) is 4.18. The van der Waals surface area contributed by atoms with E-state index < -0.39 is 11.7 Å². The van der Waals surface area contributed by atoms with Crippen LogP contribution in [-0.4, -0.2) is 23.0 Å². The number of aliphatic hydroxyl groups excluding tert-OH is 1. The Bertz CT molecular complexity index is 545. The highest BCUT2D eigenvalue weighted by Gasteiger charge is 2.33. The number of phenols is 1. The predicted molar refractivity (Wildman–Crippen MR) is 69.5 cm³/mol. The average Bonchev–Trinajstić information content (AvgIpc) is 2.40. The zero-order valence-corrected chi connectivity index (χ0v) is 10.7. The third kappa shape index (κ3) is 3.22. The summed E-state index contributed by atoms with van der Waals surface area (Å²) in [6, 6.07) is 4.93. The second kappa shape index (κ2) is 5.71. The fourth-order valence-corrected chi connectivity index (χ4v) is 2.25. The third-order valence-electron chi connectivity index (χ3n) is 3.32. The summed E-state index contributed by atoms with van der Waals surface area (Å²) in [4.78, 5) is 0. The van der Waals surface area contributed by atoms with Crippen molar-refractivity contribution in [1.82, 2.24) is 0 Å². The number of phenolic OH excluding ortho intramolecular Hbond substituents is 1. The number of hydrogen-bond donors (Lipinski definition) is 2. The molecule has 5 heteroatoms. The van der Waals surface area contributed by atoms with E-state index in [9.17, 15) is 18.3 Å². The molecule has 108 valence electrons. The minimum Gasteiger partial charge on any atom is -0.508 e. The normalized spacial score (nSPS) is 19.0. The topological polar surface area (TPSA) is 40.5 Å². The van der Waals surface area contributed by atoms with Gasteiger partial charge in [0.1, 0.15) is 5.75 Å². The van der Waals surface area contributed by atoms with Crippen molar-refractivity contribution >= 4 is 0 Å². The van der Waals surface area contributed by atoms with Crippen LogP contribution in [0.15, 0.2) is 42.0 Å². The average molecular weight is 284 g/mol. The first kappa shape index (κ1) is 14.7. The van der Waals surface area contributed by atoms with E-state index in [1.807, 2.05) is 0 Å². The molecule has 0 radical (unpaired) electrons. The van der Waals surface area contributed by atoms with Crippen molar-refractivity contribution in [2.75, 3.05) is 6.61 Å². The smallest absolute Gasteiger partial charge is 0.416 e. The van der Waals surface area contributed by atoms with E-state index in [2.05, 4.69) is 0 Å². The van der Waals surface area contributed by atoms with Crippen molar-refractivity contribution in [3.05, 3.63) is 53.1 Å². The summed E-state index contributed by atoms with van der Waals surface area (Å²) in [5.41, 5.74) is 0.781. The highest BCUT2D eigenvalue weighted by atomic mass is 19.4. The SMILES string of the molecule is OCCc1ccc(O)c(C2C=CC(C(F)(F)F)=CC2)c1. The molecule has 20 heavy (non-hydrogen) atoms. The second-order valence-electron chi connectivity index (χ2n) is 4.73. The van der Waals surface area contributed by atoms with E-state index >= 15 is 0 Å². The number of aliphatic hydroxyl groups is 1. The lowest BCUT2D eigenvalue weighted by molar-refractivity contribution is -0.0886. The van der Waals surface area contributed by atoms with Gasteiger partial charge in [-0.1, -0.05) is 30.4 Å². The molecule has 2 N–H and O–H groups in total. The van der Waals surface area contributed by atoms with Crippen LogP contribution in [0.25, 0.3) is 0 Å². The van der Waals surface area contributed by atoms with Crippen molar-refractivity contribution in [1.29, 1.82) is 0 Å². The Hall–Kier alpha value is -1.75. The van der Waals surface area contributed by atoms with E-state index in [1.54, 1.807) is 12.1 Å². The Labute approximate surface area is 114 Å². The van der Waals surface area contributed by atoms with Gasteiger partial charge in [0.2, 0.25) is 0 Å². The largest absolute Gasteiger partial charge is 0.508 e. The monoisotopic (exact) mass is 284 g/mol. The van der Waals surface area contributed by atoms with E-state index in [-0.39, 0.29) is 24.7 Å². The first-order valence-electron chi connectivity index (χ1n) is 6.30. The maximum atomic E-state index is 12.5. The Balaban J connectivity index is 2.21. The zero-order chi connectivity index (χ0) is 14.8. The molecule has 0 amide bonds. The quantitative estimate of drug-likeness (QED) is 0.892. The zero-order valence-electron chi connectivity index (χ0n) is 10.7. The lowest BCUT2D eigenvalue weighted by atomic mass is 9.88. The minimum absolute atomic E-state index is 0.0111. The van der Waals surface area contributed by atoms with Crippen LogP contribution < -0.4 is 0 Å². The molecular formula is C15H15F3O2. The van der Waals surface area contributed by atoms with Crippen molar-refractivity contribution in [3.63, 3.8) is 0 Å². The molecule has 0 saturated carbocycles. The van der Waals surface area contributed by atoms with Crippen LogP contribution in [0.3, 0.4) is 0 Å². The number of halogens is 3. The standard InChI is InChI=1S/C15H15F3O2/c16-15(17,18)12-4-2-11(3-5-12)13-9-10(7-8-19)1-6-14(13)20/h1-2,4-6,9,11,19-20H,3,7-8H2. The summed E-state index contributed by atoms with van der Waals surface area (Å²) < 4.78 is 37.6. The van der Waals surface area contributed by atoms with E-state index in [0.29, 0.717) is 12.0 Å². The molecule has 0 spiro atoms. The first-order valence-corrected chi connectivity index (χ1v) is 6.30. The maximum Gasteiger partial charge on any atom is 0.416 e. The van der Waals surface area contributed by atoms with Crippen LogP contribution in [-0.2, 0) is 6.42 Å². The lowest BCUT2D eigenvalue weighted by Crippen LogP contribution is -2.13. The van der Waals surface area contributed by atoms with Crippen LogP contribution in [0.4, 0.5) is 13.2 Å². The molecule has 2 nitrogen and oxygen atoms in total. The summed E-state index contributed by atoms with van der Waals surface area (Å²) in [6.45, 7) is -0.0111. The van der Waals surface area contributed by atoms with Crippen LogP contribution >= 0.6 is 0 Å². The molecule has 1 aliphatic carbocycles. The van der Waals surface area contributed by atoms with Gasteiger partial charge < -0.3 is 10.2 Å². The molecule has 1 aromatic carbocycles. The number of hydrogen-bond acceptors (Lipinski definition) is 2. The number of allylic oxidation sites excluding steroid dienone is 4. The third-order valence-corrected chi connectivity index (χ3v) is 3.32. The molecule has 0 aliphatic heterocycles. The molecule has 0 aromatic heterocycles. The van der Waals surface area contributed by atoms with Gasteiger partial charge >= 0.3 is 6.18 Å². The predicted octanol–water partition coefficient (Wildman–Crippen LogP) is 3.46. The Morgan fingerprint density at radius 2 is 2.00 bits per heavy atom. The van der Waals surface area contributed by atoms with Crippen LogP contribution in [0, 0.1) is 0 Å². The van der Waals surface area contributed by atoms with E-state index in [4.69, 9.17) is 5.11 Å². The van der Waals surface area contributed by atoms with Crippen LogP contribution in [0.5, 0.6) is 5.75 Å². The van der Waals surface area contributed by atoms with Crippen molar-refractivity contribution in [3.8, 4) is 5.75 Å². The Morgan fingerprint density at radius 3 is 2.55 bits per heavy atom. The first-order chi connectivity index (χ1) is 9.41. The fourth-order valence-electron chi connectivity index (χ4n) is 2.25. The van der Waals surface area contributed by atoms with Gasteiger partial charge in [-0.2, -0.15) is 13.2 Å². The van der Waals surface area contributed by atoms with Crippen molar-refractivity contribution in [2.45, 2.75) is 24.9 Å². The summed E-state index contributed by atoms with van der Waals surface area (Å²) in [6.07, 6.45) is -0.0349. The van der Waals surface area contributed by atoms with Gasteiger partial charge in [-0.25, -0.2) is 0 Å². The molecular weight excluding hydrogens is 269 g/mol. The number of aromatic hydroxyl groups is 1. The summed E-state index contributed by atoms with van der Waals surface area (Å²) >= 11 is 0. The van der Waals surface area contributed by atoms with Crippen molar-refractivity contribution in [2.24, 2.45) is 0 Å². The summed E-state index contributed by atoms with van der Waals surface area (Å²) in [5, 5.41) is 18.7. The molecule has 2 rings (SSSR count). The van der Waals surface area contributed by atoms with Gasteiger partial charge in [0.05, 0.1) is 5.57 Å². The van der Waals surface area contributed by atoms with Gasteiger partial charge in [0, 0.05) is 18.1 Å². The molecule has 1 atom stereocenters. The van der Waals surface area contributed by atoms with Gasteiger partial charge in [-0.05, 0) is 24.5 Å². The lowest BCUT2D eigenvalue weighted by Gasteiger charge is -2.19. The fraction of sp³-hybridized carbons (Fsp3) is 0.333. The highest BCUT2D eigenvalue weighted by Crippen LogP contribution is 2.37. The van der Waals surface area contributed by atoms with Gasteiger partial charge in [0.25, 0.3) is 0 Å². The number of benzene rings is 1. The molecule has 1 aliphatic rings. The van der Waals surface area contributed by atoms with Gasteiger partial charge in [-0.15, -0.1) is 0 Å². The molecule has 1 unspecified atom stereocenters. The van der Waals surface area contributed by atoms with Gasteiger partial charge in [-0.3, -0.25) is 0 Å². The second-order valence-corrected chi connectivity index (χ2v) is 4.73. The maximum absolute atomic E-state index is 12.5. The highest BCUT2D eigenvalue weighted by molar-refractivity contribution is 5.43. The van der Waals surface area contributed by atoms with Crippen LogP contribution in [0.1, 0.15) is 23.5 Å². The summed E-state index contributed by atoms with van der Waals surface area (Å²) in [7, 11) is 0. The number of alkyl halides is 3. The van der Waals surface area contributed by atoms with Gasteiger partial charge in [0.15, 0.2) is 0 Å². The summed E-state index contributed by atoms with van der Waals surface area (Å²) in [5.74, 6) is -0.218. The molecule has 0 bridgehead atoms. The molecule has 0 heterocycles. The minimum atomic E-state index is -4.33. The molecule has 1 aromatic rings. The van der Waals surface area contributed by atoms with E-state index in [1.165, 1.54) is 12.1 Å². The Morgan fingerprint density at radius 1 is 1.25 bits per heavy atom. The van der Waals surface area contributed by atoms with Crippen molar-refractivity contribution < 1.29 is 23.4 Å². The molecule has 0 saturated heterocycles. The van der Waals surface area contributed by atoms with E-state index in [0.717, 1.165) is 17.7 Å². The number of rotatable bonds is 3. The molecule has 0 fully saturated rings. The van der Waals surface area contributed by atoms with Crippen LogP contribution in [0.2, 0.25) is 0 Å².